The van der Waals surface area contributed by atoms with Crippen LogP contribution in [0.1, 0.15) is 29.6 Å². The van der Waals surface area contributed by atoms with Crippen LogP contribution in [-0.2, 0) is 0 Å². The number of hydrogen-bond acceptors (Lipinski definition) is 3. The molecule has 0 aromatic heterocycles. The van der Waals surface area contributed by atoms with E-state index in [1.807, 2.05) is 0 Å². The van der Waals surface area contributed by atoms with Crippen molar-refractivity contribution in [1.82, 2.24) is 5.32 Å². The molecule has 2 unspecified atom stereocenters. The van der Waals surface area contributed by atoms with Crippen molar-refractivity contribution in [1.29, 1.82) is 0 Å². The summed E-state index contributed by atoms with van der Waals surface area (Å²) < 4.78 is 26.1. The van der Waals surface area contributed by atoms with E-state index in [2.05, 4.69) is 5.32 Å². The van der Waals surface area contributed by atoms with Gasteiger partial charge in [0.1, 0.15) is 0 Å². The maximum Gasteiger partial charge on any atom is 0.253 e. The molecule has 1 aliphatic carbocycles. The van der Waals surface area contributed by atoms with Crippen LogP contribution in [-0.4, -0.2) is 23.7 Å². The zero-order valence-electron chi connectivity index (χ0n) is 10.3. The number of aliphatic hydroxyl groups is 1. The van der Waals surface area contributed by atoms with Crippen LogP contribution in [0.5, 0.6) is 0 Å². The minimum absolute atomic E-state index is 0.00178. The van der Waals surface area contributed by atoms with Crippen molar-refractivity contribution in [2.75, 3.05) is 12.3 Å². The van der Waals surface area contributed by atoms with E-state index < -0.39 is 17.5 Å². The quantitative estimate of drug-likeness (QED) is 0.727. The molecule has 0 aliphatic heterocycles. The average Bonchev–Trinajstić information content (AvgIpc) is 2.80. The lowest BCUT2D eigenvalue weighted by molar-refractivity contribution is 0.0916. The minimum Gasteiger partial charge on any atom is -0.398 e. The lowest BCUT2D eigenvalue weighted by Crippen LogP contribution is -2.38. The van der Waals surface area contributed by atoms with Gasteiger partial charge in [0.25, 0.3) is 5.91 Å². The maximum absolute atomic E-state index is 13.1. The molecule has 1 saturated carbocycles. The molecule has 1 amide bonds. The lowest BCUT2D eigenvalue weighted by atomic mass is 10.0. The highest BCUT2D eigenvalue weighted by Gasteiger charge is 2.28. The molecule has 1 aromatic rings. The number of nitrogens with one attached hydrogen (secondary N) is 1. The molecule has 19 heavy (non-hydrogen) atoms. The highest BCUT2D eigenvalue weighted by Crippen LogP contribution is 2.26. The van der Waals surface area contributed by atoms with E-state index in [1.54, 1.807) is 0 Å². The molecule has 104 valence electrons. The highest BCUT2D eigenvalue weighted by molar-refractivity contribution is 5.99. The molecule has 1 aromatic carbocycles. The van der Waals surface area contributed by atoms with Crippen molar-refractivity contribution in [3.8, 4) is 0 Å². The number of benzene rings is 1. The van der Waals surface area contributed by atoms with Gasteiger partial charge < -0.3 is 16.2 Å². The van der Waals surface area contributed by atoms with Crippen LogP contribution in [0.15, 0.2) is 12.1 Å². The second kappa shape index (κ2) is 5.52. The van der Waals surface area contributed by atoms with Crippen LogP contribution in [0, 0.1) is 17.6 Å². The third-order valence-corrected chi connectivity index (χ3v) is 3.55. The Labute approximate surface area is 109 Å². The van der Waals surface area contributed by atoms with Crippen molar-refractivity contribution >= 4 is 11.6 Å². The fourth-order valence-corrected chi connectivity index (χ4v) is 2.45. The van der Waals surface area contributed by atoms with Gasteiger partial charge in [0.05, 0.1) is 5.56 Å². The summed E-state index contributed by atoms with van der Waals surface area (Å²) in [7, 11) is 0. The lowest BCUT2D eigenvalue weighted by Gasteiger charge is -2.19. The van der Waals surface area contributed by atoms with E-state index in [4.69, 9.17) is 10.8 Å². The van der Waals surface area contributed by atoms with Gasteiger partial charge in [0.2, 0.25) is 0 Å². The first-order chi connectivity index (χ1) is 9.02. The smallest absolute Gasteiger partial charge is 0.253 e. The number of halogens is 2. The number of hydrogen-bond donors (Lipinski definition) is 3. The number of amides is 1. The van der Waals surface area contributed by atoms with Crippen LogP contribution in [0.3, 0.4) is 0 Å². The monoisotopic (exact) mass is 270 g/mol. The Morgan fingerprint density at radius 3 is 2.74 bits per heavy atom. The number of nitrogens with two attached hydrogens (primary N) is 1. The van der Waals surface area contributed by atoms with E-state index in [0.29, 0.717) is 0 Å². The third kappa shape index (κ3) is 2.84. The Morgan fingerprint density at radius 2 is 2.05 bits per heavy atom. The van der Waals surface area contributed by atoms with Crippen LogP contribution < -0.4 is 11.1 Å². The second-order valence-corrected chi connectivity index (χ2v) is 4.81. The van der Waals surface area contributed by atoms with Gasteiger partial charge in [-0.1, -0.05) is 6.42 Å². The first-order valence-corrected chi connectivity index (χ1v) is 6.19. The summed E-state index contributed by atoms with van der Waals surface area (Å²) in [6, 6.07) is 1.44. The summed E-state index contributed by atoms with van der Waals surface area (Å²) in [5.41, 5.74) is 5.33. The minimum atomic E-state index is -1.11. The molecule has 0 spiro atoms. The first-order valence-electron chi connectivity index (χ1n) is 6.19. The molecular formula is C13H16F2N2O2. The molecule has 4 N–H and O–H groups in total. The summed E-state index contributed by atoms with van der Waals surface area (Å²) in [4.78, 5) is 12.0. The molecule has 4 nitrogen and oxygen atoms in total. The van der Waals surface area contributed by atoms with Crippen LogP contribution in [0.2, 0.25) is 0 Å². The predicted molar refractivity (Wildman–Crippen MR) is 66.5 cm³/mol. The molecule has 0 radical (unpaired) electrons. The molecule has 1 fully saturated rings. The van der Waals surface area contributed by atoms with Gasteiger partial charge in [-0.2, -0.15) is 0 Å². The average molecular weight is 270 g/mol. The Balaban J connectivity index is 2.14. The predicted octanol–water partition coefficient (Wildman–Crippen LogP) is 1.44. The van der Waals surface area contributed by atoms with Crippen molar-refractivity contribution < 1.29 is 18.7 Å². The second-order valence-electron chi connectivity index (χ2n) is 4.81. The maximum atomic E-state index is 13.1. The topological polar surface area (TPSA) is 75.4 Å². The molecule has 1 aliphatic rings. The van der Waals surface area contributed by atoms with Gasteiger partial charge in [-0.25, -0.2) is 8.78 Å². The van der Waals surface area contributed by atoms with Gasteiger partial charge >= 0.3 is 0 Å². The van der Waals surface area contributed by atoms with E-state index >= 15 is 0 Å². The number of rotatable bonds is 3. The molecule has 0 saturated heterocycles. The Bertz CT molecular complexity index is 494. The number of carbonyl (C=O) groups excluding carboxylic acids is 1. The number of carbonyl (C=O) groups is 1. The first kappa shape index (κ1) is 13.7. The zero-order chi connectivity index (χ0) is 14.0. The number of nitrogen functional groups attached to an aromatic ring is 1. The van der Waals surface area contributed by atoms with Crippen LogP contribution in [0.25, 0.3) is 0 Å². The normalized spacial score (nSPS) is 22.5. The van der Waals surface area contributed by atoms with Crippen molar-refractivity contribution in [3.05, 3.63) is 29.3 Å². The Morgan fingerprint density at radius 1 is 1.37 bits per heavy atom. The number of aliphatic hydroxyl groups excluding tert-OH is 1. The molecule has 2 rings (SSSR count). The summed E-state index contributed by atoms with van der Waals surface area (Å²) in [6.45, 7) is -0.00178. The summed E-state index contributed by atoms with van der Waals surface area (Å²) in [5, 5.41) is 11.9. The highest BCUT2D eigenvalue weighted by atomic mass is 19.2. The largest absolute Gasteiger partial charge is 0.398 e. The van der Waals surface area contributed by atoms with Crippen molar-refractivity contribution in [2.45, 2.75) is 25.3 Å². The van der Waals surface area contributed by atoms with E-state index in [0.717, 1.165) is 31.4 Å². The molecule has 0 bridgehead atoms. The Hall–Kier alpha value is -1.69. The van der Waals surface area contributed by atoms with Gasteiger partial charge in [0, 0.05) is 30.3 Å². The number of anilines is 1. The fraction of sp³-hybridized carbons (Fsp3) is 0.462. The molecule has 2 atom stereocenters. The van der Waals surface area contributed by atoms with Crippen molar-refractivity contribution in [2.24, 2.45) is 5.92 Å². The molecular weight excluding hydrogens is 254 g/mol. The van der Waals surface area contributed by atoms with Gasteiger partial charge in [-0.05, 0) is 18.9 Å². The molecule has 6 heteroatoms. The van der Waals surface area contributed by atoms with Crippen LogP contribution >= 0.6 is 0 Å². The van der Waals surface area contributed by atoms with Crippen molar-refractivity contribution in [3.63, 3.8) is 0 Å². The van der Waals surface area contributed by atoms with Gasteiger partial charge in [-0.3, -0.25) is 4.79 Å². The van der Waals surface area contributed by atoms with Gasteiger partial charge in [-0.15, -0.1) is 0 Å². The van der Waals surface area contributed by atoms with E-state index in [-0.39, 0.29) is 29.8 Å². The van der Waals surface area contributed by atoms with E-state index in [9.17, 15) is 13.6 Å². The summed E-state index contributed by atoms with van der Waals surface area (Å²) >= 11 is 0. The standard InChI is InChI=1S/C13H16F2N2O2/c14-9-4-8(11(16)5-10(9)15)13(19)17-12-3-1-2-7(12)6-18/h4-5,7,12,18H,1-3,6,16H2,(H,17,19). The van der Waals surface area contributed by atoms with Crippen LogP contribution in [0.4, 0.5) is 14.5 Å². The zero-order valence-corrected chi connectivity index (χ0v) is 10.3. The summed E-state index contributed by atoms with van der Waals surface area (Å²) in [6.07, 6.45) is 2.53. The Kier molecular flexibility index (Phi) is 3.99. The third-order valence-electron chi connectivity index (χ3n) is 3.55. The fourth-order valence-electron chi connectivity index (χ4n) is 2.45. The van der Waals surface area contributed by atoms with Gasteiger partial charge in [0.15, 0.2) is 11.6 Å². The SMILES string of the molecule is Nc1cc(F)c(F)cc1C(=O)NC1CCCC1CO. The molecule has 0 heterocycles. The summed E-state index contributed by atoms with van der Waals surface area (Å²) in [5.74, 6) is -2.72. The van der Waals surface area contributed by atoms with E-state index in [1.165, 1.54) is 0 Å².